The molecule has 0 aliphatic rings. The minimum Gasteiger partial charge on any atom is -0.496 e. The van der Waals surface area contributed by atoms with E-state index in [4.69, 9.17) is 9.47 Å². The van der Waals surface area contributed by atoms with Gasteiger partial charge in [-0.3, -0.25) is 0 Å². The Morgan fingerprint density at radius 1 is 0.864 bits per heavy atom. The molecule has 0 unspecified atom stereocenters. The van der Waals surface area contributed by atoms with Crippen molar-refractivity contribution in [2.24, 2.45) is 0 Å². The lowest BCUT2D eigenvalue weighted by Gasteiger charge is -2.14. The van der Waals surface area contributed by atoms with E-state index in [1.54, 1.807) is 20.3 Å². The van der Waals surface area contributed by atoms with Gasteiger partial charge in [0.05, 0.1) is 21.3 Å². The van der Waals surface area contributed by atoms with Crippen LogP contribution in [0.5, 0.6) is 11.5 Å². The average Bonchev–Trinajstić information content (AvgIpc) is 2.59. The van der Waals surface area contributed by atoms with Crippen LogP contribution in [-0.2, 0) is 9.53 Å². The van der Waals surface area contributed by atoms with E-state index < -0.39 is 5.97 Å². The highest BCUT2D eigenvalue weighted by Gasteiger charge is 2.12. The van der Waals surface area contributed by atoms with E-state index in [9.17, 15) is 4.79 Å². The van der Waals surface area contributed by atoms with Gasteiger partial charge in [-0.1, -0.05) is 30.3 Å². The number of benzene rings is 2. The third kappa shape index (κ3) is 3.28. The van der Waals surface area contributed by atoms with Gasteiger partial charge in [0.1, 0.15) is 11.5 Å². The van der Waals surface area contributed by atoms with Crippen molar-refractivity contribution in [1.29, 1.82) is 0 Å². The van der Waals surface area contributed by atoms with E-state index in [0.717, 1.165) is 22.4 Å². The molecule has 0 atom stereocenters. The number of para-hydroxylation sites is 1. The average molecular weight is 298 g/mol. The Kier molecular flexibility index (Phi) is 5.20. The van der Waals surface area contributed by atoms with Crippen molar-refractivity contribution in [1.82, 2.24) is 0 Å². The molecule has 0 aromatic heterocycles. The quantitative estimate of drug-likeness (QED) is 0.625. The summed E-state index contributed by atoms with van der Waals surface area (Å²) in [6, 6.07) is 13.4. The van der Waals surface area contributed by atoms with E-state index in [1.807, 2.05) is 42.5 Å². The fourth-order valence-corrected chi connectivity index (χ4v) is 2.22. The summed E-state index contributed by atoms with van der Waals surface area (Å²) in [6.45, 7) is 0. The van der Waals surface area contributed by atoms with Crippen molar-refractivity contribution < 1.29 is 19.0 Å². The molecule has 2 aromatic rings. The topological polar surface area (TPSA) is 44.8 Å². The Bertz CT molecular complexity index is 689. The standard InChI is InChI=1S/C18H18O4/c1-20-16-9-5-4-7-14(16)13-8-6-10-17(21-2)15(13)11-12-18(19)22-3/h4-12H,1-3H3/b12-11+. The molecule has 0 spiro atoms. The normalized spacial score (nSPS) is 10.5. The van der Waals surface area contributed by atoms with Crippen LogP contribution in [0.2, 0.25) is 0 Å². The van der Waals surface area contributed by atoms with Crippen LogP contribution in [0.4, 0.5) is 0 Å². The minimum atomic E-state index is -0.420. The maximum Gasteiger partial charge on any atom is 0.330 e. The summed E-state index contributed by atoms with van der Waals surface area (Å²) >= 11 is 0. The van der Waals surface area contributed by atoms with Gasteiger partial charge in [0, 0.05) is 17.2 Å². The number of carbonyl (C=O) groups is 1. The van der Waals surface area contributed by atoms with Crippen LogP contribution in [0.3, 0.4) is 0 Å². The van der Waals surface area contributed by atoms with Gasteiger partial charge in [0.25, 0.3) is 0 Å². The van der Waals surface area contributed by atoms with Gasteiger partial charge in [0.2, 0.25) is 0 Å². The molecule has 0 fully saturated rings. The molecule has 0 bridgehead atoms. The minimum absolute atomic E-state index is 0.420. The van der Waals surface area contributed by atoms with Gasteiger partial charge in [-0.05, 0) is 23.8 Å². The van der Waals surface area contributed by atoms with Crippen LogP contribution in [-0.4, -0.2) is 27.3 Å². The molecule has 0 saturated carbocycles. The van der Waals surface area contributed by atoms with Crippen molar-refractivity contribution in [2.45, 2.75) is 0 Å². The maximum atomic E-state index is 11.4. The largest absolute Gasteiger partial charge is 0.496 e. The Labute approximate surface area is 129 Å². The SMILES string of the molecule is COC(=O)/C=C/c1c(OC)cccc1-c1ccccc1OC. The third-order valence-corrected chi connectivity index (χ3v) is 3.27. The van der Waals surface area contributed by atoms with Crippen molar-refractivity contribution in [3.8, 4) is 22.6 Å². The second kappa shape index (κ2) is 7.31. The van der Waals surface area contributed by atoms with Gasteiger partial charge < -0.3 is 14.2 Å². The zero-order valence-corrected chi connectivity index (χ0v) is 12.8. The lowest BCUT2D eigenvalue weighted by molar-refractivity contribution is -0.134. The predicted molar refractivity (Wildman–Crippen MR) is 86.0 cm³/mol. The van der Waals surface area contributed by atoms with Gasteiger partial charge in [-0.25, -0.2) is 4.79 Å². The third-order valence-electron chi connectivity index (χ3n) is 3.27. The summed E-state index contributed by atoms with van der Waals surface area (Å²) in [5.41, 5.74) is 2.63. The monoisotopic (exact) mass is 298 g/mol. The van der Waals surface area contributed by atoms with Crippen molar-refractivity contribution in [3.63, 3.8) is 0 Å². The van der Waals surface area contributed by atoms with Crippen LogP contribution < -0.4 is 9.47 Å². The first kappa shape index (κ1) is 15.6. The molecule has 0 N–H and O–H groups in total. The zero-order chi connectivity index (χ0) is 15.9. The molecule has 0 radical (unpaired) electrons. The van der Waals surface area contributed by atoms with E-state index in [2.05, 4.69) is 4.74 Å². The smallest absolute Gasteiger partial charge is 0.330 e. The highest BCUT2D eigenvalue weighted by Crippen LogP contribution is 2.36. The van der Waals surface area contributed by atoms with Gasteiger partial charge in [-0.2, -0.15) is 0 Å². The molecule has 2 rings (SSSR count). The fraction of sp³-hybridized carbons (Fsp3) is 0.167. The number of methoxy groups -OCH3 is 3. The van der Waals surface area contributed by atoms with Crippen LogP contribution in [0.1, 0.15) is 5.56 Å². The second-order valence-electron chi connectivity index (χ2n) is 4.48. The summed E-state index contributed by atoms with van der Waals surface area (Å²) in [5.74, 6) is 1.00. The lowest BCUT2D eigenvalue weighted by atomic mass is 9.97. The first-order valence-corrected chi connectivity index (χ1v) is 6.77. The van der Waals surface area contributed by atoms with Gasteiger partial charge in [0.15, 0.2) is 0 Å². The summed E-state index contributed by atoms with van der Waals surface area (Å²) < 4.78 is 15.5. The Morgan fingerprint density at radius 3 is 2.18 bits per heavy atom. The summed E-state index contributed by atoms with van der Waals surface area (Å²) in [5, 5.41) is 0. The summed E-state index contributed by atoms with van der Waals surface area (Å²) in [6.07, 6.45) is 3.06. The fourth-order valence-electron chi connectivity index (χ4n) is 2.22. The number of ether oxygens (including phenoxy) is 3. The predicted octanol–water partition coefficient (Wildman–Crippen LogP) is 3.56. The highest BCUT2D eigenvalue weighted by molar-refractivity contribution is 5.91. The molecule has 22 heavy (non-hydrogen) atoms. The zero-order valence-electron chi connectivity index (χ0n) is 12.8. The molecule has 4 nitrogen and oxygen atoms in total. The van der Waals surface area contributed by atoms with Crippen LogP contribution >= 0.6 is 0 Å². The van der Waals surface area contributed by atoms with E-state index in [0.29, 0.717) is 5.75 Å². The Morgan fingerprint density at radius 2 is 1.50 bits per heavy atom. The summed E-state index contributed by atoms with van der Waals surface area (Å²) in [4.78, 5) is 11.4. The number of esters is 1. The molecule has 2 aromatic carbocycles. The van der Waals surface area contributed by atoms with Crippen molar-refractivity contribution in [2.75, 3.05) is 21.3 Å². The first-order valence-electron chi connectivity index (χ1n) is 6.77. The molecule has 0 aliphatic carbocycles. The van der Waals surface area contributed by atoms with Crippen LogP contribution in [0, 0.1) is 0 Å². The van der Waals surface area contributed by atoms with E-state index in [1.165, 1.54) is 13.2 Å². The van der Waals surface area contributed by atoms with Crippen molar-refractivity contribution >= 4 is 12.0 Å². The number of hydrogen-bond donors (Lipinski definition) is 0. The van der Waals surface area contributed by atoms with Crippen LogP contribution in [0.25, 0.3) is 17.2 Å². The lowest BCUT2D eigenvalue weighted by Crippen LogP contribution is -1.96. The Hall–Kier alpha value is -2.75. The molecule has 0 heterocycles. The number of carbonyl (C=O) groups excluding carboxylic acids is 1. The number of hydrogen-bond acceptors (Lipinski definition) is 4. The molecular formula is C18H18O4. The first-order chi connectivity index (χ1) is 10.7. The molecule has 4 heteroatoms. The molecular weight excluding hydrogens is 280 g/mol. The van der Waals surface area contributed by atoms with Gasteiger partial charge >= 0.3 is 5.97 Å². The van der Waals surface area contributed by atoms with E-state index in [-0.39, 0.29) is 0 Å². The highest BCUT2D eigenvalue weighted by atomic mass is 16.5. The number of rotatable bonds is 5. The molecule has 0 aliphatic heterocycles. The van der Waals surface area contributed by atoms with E-state index >= 15 is 0 Å². The second-order valence-corrected chi connectivity index (χ2v) is 4.48. The maximum absolute atomic E-state index is 11.4. The van der Waals surface area contributed by atoms with Crippen molar-refractivity contribution in [3.05, 3.63) is 54.1 Å². The van der Waals surface area contributed by atoms with Crippen LogP contribution in [0.15, 0.2) is 48.5 Å². The Balaban J connectivity index is 2.60. The van der Waals surface area contributed by atoms with Gasteiger partial charge in [-0.15, -0.1) is 0 Å². The summed E-state index contributed by atoms with van der Waals surface area (Å²) in [7, 11) is 4.57. The molecule has 114 valence electrons. The molecule has 0 saturated heterocycles. The molecule has 0 amide bonds.